The van der Waals surface area contributed by atoms with Gasteiger partial charge in [-0.25, -0.2) is 9.59 Å². The second-order valence-electron chi connectivity index (χ2n) is 2.53. The molecule has 0 aliphatic rings. The molecule has 0 heterocycles. The van der Waals surface area contributed by atoms with Crippen LogP contribution in [0.4, 0.5) is 0 Å². The molecular formula is C12H14O4. The van der Waals surface area contributed by atoms with Crippen LogP contribution in [0.5, 0.6) is 0 Å². The van der Waals surface area contributed by atoms with Gasteiger partial charge in [-0.15, -0.1) is 0 Å². The second kappa shape index (κ2) is 9.45. The Hall–Kier alpha value is -2.10. The number of hydrogen-bond donors (Lipinski definition) is 0. The van der Waals surface area contributed by atoms with E-state index < -0.39 is 11.9 Å². The molecule has 0 aliphatic carbocycles. The van der Waals surface area contributed by atoms with Crippen LogP contribution in [0.2, 0.25) is 0 Å². The number of hydrogen-bond acceptors (Lipinski definition) is 4. The third-order valence-corrected chi connectivity index (χ3v) is 1.42. The lowest BCUT2D eigenvalue weighted by Crippen LogP contribution is -1.92. The van der Waals surface area contributed by atoms with Crippen LogP contribution in [0.15, 0.2) is 48.6 Å². The van der Waals surface area contributed by atoms with E-state index >= 15 is 0 Å². The Morgan fingerprint density at radius 3 is 1.31 bits per heavy atom. The lowest BCUT2D eigenvalue weighted by Gasteiger charge is -1.86. The smallest absolute Gasteiger partial charge is 0.330 e. The Bertz CT molecular complexity index is 301. The molecule has 0 spiro atoms. The fourth-order valence-corrected chi connectivity index (χ4v) is 0.661. The van der Waals surface area contributed by atoms with Gasteiger partial charge in [-0.05, 0) is 0 Å². The zero-order valence-corrected chi connectivity index (χ0v) is 9.25. The maximum absolute atomic E-state index is 10.6. The summed E-state index contributed by atoms with van der Waals surface area (Å²) in [5.41, 5.74) is 0. The molecule has 0 aliphatic heterocycles. The minimum Gasteiger partial charge on any atom is -0.466 e. The van der Waals surface area contributed by atoms with Crippen LogP contribution in [-0.2, 0) is 19.1 Å². The molecule has 0 aromatic rings. The summed E-state index contributed by atoms with van der Waals surface area (Å²) in [5.74, 6) is -0.807. The van der Waals surface area contributed by atoms with Gasteiger partial charge in [-0.2, -0.15) is 0 Å². The first-order valence-corrected chi connectivity index (χ1v) is 4.54. The van der Waals surface area contributed by atoms with Crippen LogP contribution >= 0.6 is 0 Å². The summed E-state index contributed by atoms with van der Waals surface area (Å²) in [6.07, 6.45) is 12.5. The van der Waals surface area contributed by atoms with E-state index in [0.717, 1.165) is 0 Å². The molecule has 0 amide bonds. The average molecular weight is 222 g/mol. The van der Waals surface area contributed by atoms with E-state index in [4.69, 9.17) is 0 Å². The van der Waals surface area contributed by atoms with Crippen molar-refractivity contribution in [2.75, 3.05) is 14.2 Å². The number of allylic oxidation sites excluding steroid dienone is 6. The molecule has 0 aromatic carbocycles. The molecule has 86 valence electrons. The highest BCUT2D eigenvalue weighted by molar-refractivity contribution is 5.82. The highest BCUT2D eigenvalue weighted by Gasteiger charge is 1.86. The predicted octanol–water partition coefficient (Wildman–Crippen LogP) is 1.56. The van der Waals surface area contributed by atoms with Crippen molar-refractivity contribution in [3.8, 4) is 0 Å². The Morgan fingerprint density at radius 2 is 1.00 bits per heavy atom. The molecule has 16 heavy (non-hydrogen) atoms. The molecule has 0 radical (unpaired) electrons. The maximum atomic E-state index is 10.6. The van der Waals surface area contributed by atoms with Crippen molar-refractivity contribution in [1.29, 1.82) is 0 Å². The molecule has 0 bridgehead atoms. The summed E-state index contributed by atoms with van der Waals surface area (Å²) in [7, 11) is 2.63. The fraction of sp³-hybridized carbons (Fsp3) is 0.167. The molecule has 0 N–H and O–H groups in total. The first kappa shape index (κ1) is 13.9. The zero-order chi connectivity index (χ0) is 12.2. The molecule has 0 atom stereocenters. The van der Waals surface area contributed by atoms with Gasteiger partial charge in [0.05, 0.1) is 14.2 Å². The quantitative estimate of drug-likeness (QED) is 0.402. The normalized spacial score (nSPS) is 11.9. The number of esters is 2. The monoisotopic (exact) mass is 222 g/mol. The number of rotatable bonds is 5. The molecule has 0 fully saturated rings. The molecule has 0 rings (SSSR count). The van der Waals surface area contributed by atoms with Crippen molar-refractivity contribution in [3.63, 3.8) is 0 Å². The van der Waals surface area contributed by atoms with Gasteiger partial charge in [0.25, 0.3) is 0 Å². The van der Waals surface area contributed by atoms with Crippen LogP contribution in [0, 0.1) is 0 Å². The average Bonchev–Trinajstić information content (AvgIpc) is 2.31. The summed E-state index contributed by atoms with van der Waals surface area (Å²) in [5, 5.41) is 0. The number of ether oxygens (including phenoxy) is 2. The van der Waals surface area contributed by atoms with Gasteiger partial charge in [-0.3, -0.25) is 0 Å². The lowest BCUT2D eigenvalue weighted by atomic mass is 10.4. The van der Waals surface area contributed by atoms with Crippen molar-refractivity contribution in [1.82, 2.24) is 0 Å². The van der Waals surface area contributed by atoms with E-state index in [2.05, 4.69) is 9.47 Å². The molecule has 0 unspecified atom stereocenters. The van der Waals surface area contributed by atoms with Crippen molar-refractivity contribution >= 4 is 11.9 Å². The van der Waals surface area contributed by atoms with Gasteiger partial charge in [-0.1, -0.05) is 36.5 Å². The summed E-state index contributed by atoms with van der Waals surface area (Å²) in [4.78, 5) is 21.3. The van der Waals surface area contributed by atoms with Gasteiger partial charge in [0.15, 0.2) is 0 Å². The first-order chi connectivity index (χ1) is 7.70. The van der Waals surface area contributed by atoms with E-state index in [1.54, 1.807) is 36.5 Å². The third kappa shape index (κ3) is 8.50. The molecule has 0 saturated carbocycles. The van der Waals surface area contributed by atoms with Gasteiger partial charge in [0, 0.05) is 12.2 Å². The number of methoxy groups -OCH3 is 2. The molecule has 0 aromatic heterocycles. The topological polar surface area (TPSA) is 52.6 Å². The summed E-state index contributed by atoms with van der Waals surface area (Å²) in [6, 6.07) is 0. The minimum absolute atomic E-state index is 0.404. The van der Waals surface area contributed by atoms with Crippen LogP contribution in [0.1, 0.15) is 0 Å². The predicted molar refractivity (Wildman–Crippen MR) is 60.6 cm³/mol. The van der Waals surface area contributed by atoms with E-state index in [0.29, 0.717) is 0 Å². The largest absolute Gasteiger partial charge is 0.466 e. The van der Waals surface area contributed by atoms with Crippen LogP contribution < -0.4 is 0 Å². The highest BCUT2D eigenvalue weighted by atomic mass is 16.5. The fourth-order valence-electron chi connectivity index (χ4n) is 0.661. The standard InChI is InChI=1S/C12H14O4/c1-15-11(13)9-7-5-3-4-6-8-10-12(14)16-2/h3-10H,1-2H3. The second-order valence-corrected chi connectivity index (χ2v) is 2.53. The summed E-state index contributed by atoms with van der Waals surface area (Å²) >= 11 is 0. The Morgan fingerprint density at radius 1 is 0.688 bits per heavy atom. The van der Waals surface area contributed by atoms with Crippen molar-refractivity contribution < 1.29 is 19.1 Å². The number of carbonyl (C=O) groups excluding carboxylic acids is 2. The molecule has 0 saturated heterocycles. The summed E-state index contributed by atoms with van der Waals surface area (Å²) < 4.78 is 8.79. The van der Waals surface area contributed by atoms with Gasteiger partial charge >= 0.3 is 11.9 Å². The Balaban J connectivity index is 3.88. The van der Waals surface area contributed by atoms with E-state index in [1.165, 1.54) is 26.4 Å². The highest BCUT2D eigenvalue weighted by Crippen LogP contribution is 1.84. The Kier molecular flexibility index (Phi) is 8.21. The van der Waals surface area contributed by atoms with Gasteiger partial charge < -0.3 is 9.47 Å². The molecule has 4 nitrogen and oxygen atoms in total. The van der Waals surface area contributed by atoms with E-state index in [9.17, 15) is 9.59 Å². The minimum atomic E-state index is -0.404. The third-order valence-electron chi connectivity index (χ3n) is 1.42. The zero-order valence-electron chi connectivity index (χ0n) is 9.25. The van der Waals surface area contributed by atoms with Gasteiger partial charge in [0.1, 0.15) is 0 Å². The van der Waals surface area contributed by atoms with E-state index in [-0.39, 0.29) is 0 Å². The maximum Gasteiger partial charge on any atom is 0.330 e. The first-order valence-electron chi connectivity index (χ1n) is 4.54. The molecule has 4 heteroatoms. The Labute approximate surface area is 94.5 Å². The van der Waals surface area contributed by atoms with Crippen LogP contribution in [-0.4, -0.2) is 26.2 Å². The SMILES string of the molecule is COC(=O)C=CC=CC=CC=CC(=O)OC. The molecular weight excluding hydrogens is 208 g/mol. The summed E-state index contributed by atoms with van der Waals surface area (Å²) in [6.45, 7) is 0. The number of carbonyl (C=O) groups is 2. The van der Waals surface area contributed by atoms with Crippen molar-refractivity contribution in [2.24, 2.45) is 0 Å². The van der Waals surface area contributed by atoms with Gasteiger partial charge in [0.2, 0.25) is 0 Å². The van der Waals surface area contributed by atoms with Crippen LogP contribution in [0.3, 0.4) is 0 Å². The van der Waals surface area contributed by atoms with Crippen LogP contribution in [0.25, 0.3) is 0 Å². The van der Waals surface area contributed by atoms with Crippen molar-refractivity contribution in [3.05, 3.63) is 48.6 Å². The van der Waals surface area contributed by atoms with E-state index in [1.807, 2.05) is 0 Å². The van der Waals surface area contributed by atoms with Crippen molar-refractivity contribution in [2.45, 2.75) is 0 Å². The lowest BCUT2D eigenvalue weighted by molar-refractivity contribution is -0.135.